The predicted octanol–water partition coefficient (Wildman–Crippen LogP) is 1.73. The third kappa shape index (κ3) is 6.73. The Labute approximate surface area is 166 Å². The van der Waals surface area contributed by atoms with Crippen molar-refractivity contribution in [1.29, 1.82) is 0 Å². The molecule has 0 saturated carbocycles. The van der Waals surface area contributed by atoms with Crippen LogP contribution >= 0.6 is 0 Å². The molecule has 152 valence electrons. The number of carbonyl (C=O) groups is 1. The Morgan fingerprint density at radius 1 is 0.964 bits per heavy atom. The summed E-state index contributed by atoms with van der Waals surface area (Å²) in [5, 5.41) is 2.75. The highest BCUT2D eigenvalue weighted by atomic mass is 32.2. The fourth-order valence-electron chi connectivity index (χ4n) is 2.84. The lowest BCUT2D eigenvalue weighted by molar-refractivity contribution is -0.910. The van der Waals surface area contributed by atoms with Crippen LogP contribution < -0.4 is 10.2 Å². The second kappa shape index (κ2) is 10.3. The van der Waals surface area contributed by atoms with E-state index in [0.717, 1.165) is 37.3 Å². The number of rotatable bonds is 10. The first-order valence-corrected chi connectivity index (χ1v) is 11.2. The summed E-state index contributed by atoms with van der Waals surface area (Å²) < 4.78 is 37.3. The summed E-state index contributed by atoms with van der Waals surface area (Å²) in [5.41, 5.74) is 2.22. The van der Waals surface area contributed by atoms with Gasteiger partial charge in [0, 0.05) is 18.5 Å². The second-order valence-corrected chi connectivity index (χ2v) is 8.86. The van der Waals surface area contributed by atoms with Crippen molar-refractivity contribution in [3.8, 4) is 0 Å². The van der Waals surface area contributed by atoms with E-state index in [2.05, 4.69) is 31.3 Å². The van der Waals surface area contributed by atoms with Gasteiger partial charge in [0.2, 0.25) is 5.91 Å². The molecule has 0 atom stereocenters. The third-order valence-electron chi connectivity index (χ3n) is 4.74. The van der Waals surface area contributed by atoms with E-state index < -0.39 is 15.7 Å². The van der Waals surface area contributed by atoms with Crippen LogP contribution in [0.1, 0.15) is 31.4 Å². The topological polar surface area (TPSA) is 67.7 Å². The van der Waals surface area contributed by atoms with Gasteiger partial charge in [0.05, 0.1) is 23.7 Å². The van der Waals surface area contributed by atoms with E-state index in [1.165, 1.54) is 22.6 Å². The molecule has 0 aliphatic rings. The fraction of sp³-hybridized carbons (Fsp3) is 0.381. The summed E-state index contributed by atoms with van der Waals surface area (Å²) in [6, 6.07) is 12.7. The fourth-order valence-corrected chi connectivity index (χ4v) is 4.08. The van der Waals surface area contributed by atoms with Crippen molar-refractivity contribution in [2.45, 2.75) is 38.3 Å². The summed E-state index contributed by atoms with van der Waals surface area (Å²) >= 11 is 0. The molecule has 0 spiro atoms. The molecule has 0 aliphatic carbocycles. The van der Waals surface area contributed by atoms with Crippen LogP contribution in [-0.4, -0.2) is 33.2 Å². The minimum Gasteiger partial charge on any atom is -0.352 e. The lowest BCUT2D eigenvalue weighted by atomic mass is 10.1. The molecule has 1 amide bonds. The van der Waals surface area contributed by atoms with Gasteiger partial charge in [0.1, 0.15) is 12.4 Å². The molecule has 0 radical (unpaired) electrons. The molecule has 0 heterocycles. The Kier molecular flexibility index (Phi) is 8.14. The molecular weight excluding hydrogens is 379 g/mol. The summed E-state index contributed by atoms with van der Waals surface area (Å²) in [5.74, 6) is -1.14. The van der Waals surface area contributed by atoms with Gasteiger partial charge in [-0.1, -0.05) is 24.3 Å². The van der Waals surface area contributed by atoms with Crippen LogP contribution in [0.4, 0.5) is 4.39 Å². The Bertz CT molecular complexity index is 862. The second-order valence-electron chi connectivity index (χ2n) is 6.75. The Balaban J connectivity index is 1.81. The molecule has 5 nitrogen and oxygen atoms in total. The van der Waals surface area contributed by atoms with E-state index in [-0.39, 0.29) is 23.0 Å². The molecule has 0 fully saturated rings. The number of carbonyl (C=O) groups excluding carboxylic acids is 1. The van der Waals surface area contributed by atoms with Crippen LogP contribution in [0.3, 0.4) is 0 Å². The summed E-state index contributed by atoms with van der Waals surface area (Å²) in [6.45, 7) is 7.82. The van der Waals surface area contributed by atoms with Gasteiger partial charge in [-0.15, -0.1) is 0 Å². The first-order valence-electron chi connectivity index (χ1n) is 9.50. The third-order valence-corrected chi connectivity index (χ3v) is 6.47. The number of nitrogens with one attached hydrogen (secondary N) is 2. The van der Waals surface area contributed by atoms with Crippen LogP contribution in [0.5, 0.6) is 0 Å². The minimum absolute atomic E-state index is 0.0209. The maximum atomic E-state index is 12.9. The van der Waals surface area contributed by atoms with Crippen molar-refractivity contribution in [3.05, 3.63) is 65.5 Å². The quantitative estimate of drug-likeness (QED) is 0.590. The normalized spacial score (nSPS) is 11.6. The van der Waals surface area contributed by atoms with Crippen molar-refractivity contribution in [3.63, 3.8) is 0 Å². The first-order chi connectivity index (χ1) is 13.3. The van der Waals surface area contributed by atoms with E-state index in [9.17, 15) is 17.6 Å². The van der Waals surface area contributed by atoms with E-state index >= 15 is 0 Å². The maximum absolute atomic E-state index is 12.9. The van der Waals surface area contributed by atoms with Gasteiger partial charge in [0.15, 0.2) is 9.84 Å². The molecule has 7 heteroatoms. The molecule has 0 saturated heterocycles. The van der Waals surface area contributed by atoms with Gasteiger partial charge in [-0.25, -0.2) is 12.8 Å². The number of hydrogen-bond acceptors (Lipinski definition) is 3. The van der Waals surface area contributed by atoms with Crippen molar-refractivity contribution in [2.75, 3.05) is 18.8 Å². The van der Waals surface area contributed by atoms with Gasteiger partial charge >= 0.3 is 0 Å². The zero-order valence-electron chi connectivity index (χ0n) is 16.4. The maximum Gasteiger partial charge on any atom is 0.221 e. The van der Waals surface area contributed by atoms with Crippen LogP contribution in [0.2, 0.25) is 0 Å². The van der Waals surface area contributed by atoms with Crippen molar-refractivity contribution >= 4 is 15.7 Å². The molecule has 0 unspecified atom stereocenters. The number of amides is 1. The van der Waals surface area contributed by atoms with E-state index in [0.29, 0.717) is 6.54 Å². The molecule has 0 aromatic heterocycles. The Morgan fingerprint density at radius 2 is 1.54 bits per heavy atom. The van der Waals surface area contributed by atoms with E-state index in [1.807, 2.05) is 12.1 Å². The van der Waals surface area contributed by atoms with Gasteiger partial charge in [-0.05, 0) is 43.7 Å². The molecule has 0 bridgehead atoms. The monoisotopic (exact) mass is 407 g/mol. The van der Waals surface area contributed by atoms with E-state index in [1.54, 1.807) is 0 Å². The van der Waals surface area contributed by atoms with E-state index in [4.69, 9.17) is 0 Å². The molecule has 28 heavy (non-hydrogen) atoms. The van der Waals surface area contributed by atoms with Crippen LogP contribution in [0.25, 0.3) is 0 Å². The van der Waals surface area contributed by atoms with Crippen molar-refractivity contribution in [2.24, 2.45) is 0 Å². The molecule has 0 aliphatic heterocycles. The molecule has 2 aromatic carbocycles. The van der Waals surface area contributed by atoms with Crippen molar-refractivity contribution in [1.82, 2.24) is 5.32 Å². The van der Waals surface area contributed by atoms with Gasteiger partial charge in [-0.3, -0.25) is 4.79 Å². The highest BCUT2D eigenvalue weighted by Gasteiger charge is 2.16. The SMILES string of the molecule is CC[NH+](CC)Cc1ccc(CNC(=O)CCS(=O)(=O)c2ccc(F)cc2)cc1. The zero-order chi connectivity index (χ0) is 20.6. The number of hydrogen-bond donors (Lipinski definition) is 2. The standard InChI is InChI=1S/C21H27FN2O3S/c1-3-24(4-2)16-18-7-5-17(6-8-18)15-23-21(25)13-14-28(26,27)20-11-9-19(22)10-12-20/h5-12H,3-4,13-16H2,1-2H3,(H,23,25)/p+1. The molecule has 2 rings (SSSR count). The van der Waals surface area contributed by atoms with Crippen LogP contribution in [-0.2, 0) is 27.7 Å². The number of quaternary nitrogens is 1. The highest BCUT2D eigenvalue weighted by molar-refractivity contribution is 7.91. The number of benzene rings is 2. The van der Waals surface area contributed by atoms with Gasteiger partial charge in [-0.2, -0.15) is 0 Å². The van der Waals surface area contributed by atoms with Crippen LogP contribution in [0, 0.1) is 5.82 Å². The molecular formula is C21H28FN2O3S+. The molecule has 2 N–H and O–H groups in total. The van der Waals surface area contributed by atoms with Gasteiger partial charge in [0.25, 0.3) is 0 Å². The average molecular weight is 408 g/mol. The summed E-state index contributed by atoms with van der Waals surface area (Å²) in [7, 11) is -3.61. The zero-order valence-corrected chi connectivity index (χ0v) is 17.2. The van der Waals surface area contributed by atoms with Gasteiger partial charge < -0.3 is 10.2 Å². The lowest BCUT2D eigenvalue weighted by Gasteiger charge is -2.15. The van der Waals surface area contributed by atoms with Crippen molar-refractivity contribution < 1.29 is 22.5 Å². The Hall–Kier alpha value is -2.25. The van der Waals surface area contributed by atoms with Crippen LogP contribution in [0.15, 0.2) is 53.4 Å². The summed E-state index contributed by atoms with van der Waals surface area (Å²) in [6.07, 6.45) is -0.136. The smallest absolute Gasteiger partial charge is 0.221 e. The highest BCUT2D eigenvalue weighted by Crippen LogP contribution is 2.13. The summed E-state index contributed by atoms with van der Waals surface area (Å²) in [4.78, 5) is 13.5. The largest absolute Gasteiger partial charge is 0.352 e. The number of halogens is 1. The average Bonchev–Trinajstić information content (AvgIpc) is 2.70. The number of sulfone groups is 1. The first kappa shape index (κ1) is 22.0. The predicted molar refractivity (Wildman–Crippen MR) is 107 cm³/mol. The molecule has 2 aromatic rings. The Morgan fingerprint density at radius 3 is 2.11 bits per heavy atom. The minimum atomic E-state index is -3.61. The lowest BCUT2D eigenvalue weighted by Crippen LogP contribution is -3.10.